The van der Waals surface area contributed by atoms with Gasteiger partial charge in [-0.3, -0.25) is 0 Å². The Hall–Kier alpha value is -11.2. The lowest BCUT2D eigenvalue weighted by Crippen LogP contribution is -2.13. The van der Waals surface area contributed by atoms with Crippen molar-refractivity contribution in [2.75, 3.05) is 0 Å². The first-order chi connectivity index (χ1) is 38.7. The van der Waals surface area contributed by atoms with Crippen molar-refractivity contribution in [2.24, 2.45) is 0 Å². The fraction of sp³-hybridized carbons (Fsp3) is 0.0299. The summed E-state index contributed by atoms with van der Waals surface area (Å²) >= 11 is 0. The molecule has 2 heterocycles. The average molecular weight is 1050 g/mol. The number of fused-ring (bicyclic) bond motifs is 6. The van der Waals surface area contributed by atoms with E-state index in [1.54, 1.807) is 143 Å². The topological polar surface area (TPSA) is 89.9 Å². The van der Waals surface area contributed by atoms with E-state index in [0.717, 1.165) is 6.07 Å². The highest BCUT2D eigenvalue weighted by Crippen LogP contribution is 2.48. The highest BCUT2D eigenvalue weighted by molar-refractivity contribution is 6.14. The first kappa shape index (κ1) is 49.7. The third kappa shape index (κ3) is 8.21. The van der Waals surface area contributed by atoms with Crippen LogP contribution in [0.3, 0.4) is 0 Å². The van der Waals surface area contributed by atoms with Crippen molar-refractivity contribution in [3.8, 4) is 85.2 Å². The Morgan fingerprint density at radius 1 is 0.350 bits per heavy atom. The SMILES string of the molecule is [C-]#[N+]c1ccccc1-c1ccc2c(c1)c1cc(-c3ccccc3[N+]#[C-])ccc1n2-c1cc(C#N)c(-n2c3ccc(-c4ccccc4C#N)cc3c3cc(-c4ccccc4C#N)ccc32)cc1-c1ccc(C(F)(F)F)cc1C(F)(F)F. The summed E-state index contributed by atoms with van der Waals surface area (Å²) in [5.41, 5.74) is 4.86. The molecule has 0 unspecified atom stereocenters. The standard InChI is InChI=1S/C67H33F6N7/c1-77-58-17-9-7-15-49(58)41-21-27-62-54(31-41)55-32-42(50-16-8-10-18-59(50)78-2)22-28-63(55)80(62)65-33-45(38-76)64(35-56(65)51-24-23-46(66(68,69)70)34-57(51)67(71,72)73)79-60-25-19-39(47-13-5-3-11-43(47)36-74)29-52(60)53-30-40(20-26-61(53)79)48-14-6-4-12-44(48)37-75/h3-35H. The molecule has 13 heteroatoms. The molecular formula is C67H33F6N7. The Balaban J connectivity index is 1.21. The predicted molar refractivity (Wildman–Crippen MR) is 299 cm³/mol. The third-order valence-corrected chi connectivity index (χ3v) is 14.6. The number of aromatic nitrogens is 2. The highest BCUT2D eigenvalue weighted by Gasteiger charge is 2.39. The molecule has 10 aromatic carbocycles. The Bertz CT molecular complexity index is 4600. The van der Waals surface area contributed by atoms with Gasteiger partial charge in [-0.1, -0.05) is 115 Å². The highest BCUT2D eigenvalue weighted by atomic mass is 19.4. The molecule has 0 aliphatic carbocycles. The summed E-state index contributed by atoms with van der Waals surface area (Å²) in [7, 11) is 0. The molecule has 0 radical (unpaired) electrons. The molecule has 0 N–H and O–H groups in total. The predicted octanol–water partition coefficient (Wildman–Crippen LogP) is 19.0. The van der Waals surface area contributed by atoms with Gasteiger partial charge in [0.1, 0.15) is 6.07 Å². The molecule has 0 amide bonds. The maximum absolute atomic E-state index is 15.7. The molecule has 0 aliphatic rings. The largest absolute Gasteiger partial charge is 0.417 e. The minimum absolute atomic E-state index is 0.0129. The van der Waals surface area contributed by atoms with Gasteiger partial charge in [0.05, 0.1) is 86.5 Å². The Morgan fingerprint density at radius 2 is 0.738 bits per heavy atom. The average Bonchev–Trinajstić information content (AvgIpc) is 4.11. The molecule has 7 nitrogen and oxygen atoms in total. The number of alkyl halides is 6. The number of nitriles is 3. The minimum Gasteiger partial charge on any atom is -0.309 e. The van der Waals surface area contributed by atoms with Crippen LogP contribution in [0, 0.1) is 47.1 Å². The molecule has 12 rings (SSSR count). The summed E-state index contributed by atoms with van der Waals surface area (Å²) in [5, 5.41) is 34.1. The van der Waals surface area contributed by atoms with Crippen molar-refractivity contribution in [1.82, 2.24) is 9.13 Å². The molecule has 12 aromatic rings. The van der Waals surface area contributed by atoms with E-state index < -0.39 is 29.0 Å². The van der Waals surface area contributed by atoms with Gasteiger partial charge in [0.2, 0.25) is 0 Å². The van der Waals surface area contributed by atoms with Crippen LogP contribution in [0.15, 0.2) is 200 Å². The number of nitrogens with zero attached hydrogens (tertiary/aromatic N) is 7. The lowest BCUT2D eigenvalue weighted by atomic mass is 9.93. The van der Waals surface area contributed by atoms with Crippen LogP contribution in [-0.4, -0.2) is 9.13 Å². The van der Waals surface area contributed by atoms with Crippen LogP contribution in [0.2, 0.25) is 0 Å². The molecule has 0 saturated heterocycles. The molecule has 2 aromatic heterocycles. The van der Waals surface area contributed by atoms with E-state index >= 15 is 13.2 Å². The second-order valence-corrected chi connectivity index (χ2v) is 18.9. The zero-order valence-electron chi connectivity index (χ0n) is 41.5. The minimum atomic E-state index is -5.32. The molecule has 80 heavy (non-hydrogen) atoms. The van der Waals surface area contributed by atoms with Crippen LogP contribution in [0.4, 0.5) is 37.7 Å². The zero-order chi connectivity index (χ0) is 55.6. The molecule has 0 atom stereocenters. The number of para-hydroxylation sites is 2. The van der Waals surface area contributed by atoms with Crippen LogP contribution in [0.1, 0.15) is 27.8 Å². The molecule has 0 fully saturated rings. The number of hydrogen-bond donors (Lipinski definition) is 0. The summed E-state index contributed by atoms with van der Waals surface area (Å²) in [6, 6.07) is 61.2. The number of halogens is 6. The van der Waals surface area contributed by atoms with Crippen LogP contribution in [0.25, 0.3) is 120 Å². The molecule has 0 bridgehead atoms. The fourth-order valence-corrected chi connectivity index (χ4v) is 11.0. The molecule has 0 aliphatic heterocycles. The van der Waals surface area contributed by atoms with Gasteiger partial charge in [-0.25, -0.2) is 9.69 Å². The van der Waals surface area contributed by atoms with Gasteiger partial charge in [-0.2, -0.15) is 42.1 Å². The molecule has 0 saturated carbocycles. The lowest BCUT2D eigenvalue weighted by molar-refractivity contribution is -0.142. The van der Waals surface area contributed by atoms with Gasteiger partial charge in [0.25, 0.3) is 0 Å². The van der Waals surface area contributed by atoms with E-state index in [1.165, 1.54) is 12.1 Å². The lowest BCUT2D eigenvalue weighted by Gasteiger charge is -2.22. The van der Waals surface area contributed by atoms with Gasteiger partial charge in [0, 0.05) is 27.1 Å². The Kier molecular flexibility index (Phi) is 11.9. The molecule has 378 valence electrons. The van der Waals surface area contributed by atoms with Crippen LogP contribution < -0.4 is 0 Å². The van der Waals surface area contributed by atoms with Crippen LogP contribution >= 0.6 is 0 Å². The Labute approximate surface area is 452 Å². The monoisotopic (exact) mass is 1050 g/mol. The van der Waals surface area contributed by atoms with Gasteiger partial charge in [-0.05, 0) is 135 Å². The van der Waals surface area contributed by atoms with Gasteiger partial charge in [0.15, 0.2) is 11.4 Å². The smallest absolute Gasteiger partial charge is 0.309 e. The third-order valence-electron chi connectivity index (χ3n) is 14.6. The van der Waals surface area contributed by atoms with Crippen molar-refractivity contribution in [3.63, 3.8) is 0 Å². The van der Waals surface area contributed by atoms with Gasteiger partial charge < -0.3 is 9.13 Å². The number of rotatable bonds is 7. The summed E-state index contributed by atoms with van der Waals surface area (Å²) in [5.74, 6) is 0. The van der Waals surface area contributed by atoms with E-state index in [9.17, 15) is 29.0 Å². The van der Waals surface area contributed by atoms with E-state index in [0.29, 0.717) is 117 Å². The van der Waals surface area contributed by atoms with Crippen molar-refractivity contribution in [2.45, 2.75) is 12.4 Å². The van der Waals surface area contributed by atoms with Crippen molar-refractivity contribution >= 4 is 55.0 Å². The zero-order valence-corrected chi connectivity index (χ0v) is 41.5. The van der Waals surface area contributed by atoms with Gasteiger partial charge in [-0.15, -0.1) is 0 Å². The normalized spacial score (nSPS) is 11.6. The van der Waals surface area contributed by atoms with Crippen LogP contribution in [-0.2, 0) is 12.4 Å². The summed E-state index contributed by atoms with van der Waals surface area (Å²) in [4.78, 5) is 7.49. The fourth-order valence-electron chi connectivity index (χ4n) is 11.0. The van der Waals surface area contributed by atoms with E-state index in [1.807, 2.05) is 36.4 Å². The van der Waals surface area contributed by atoms with E-state index in [-0.39, 0.29) is 28.6 Å². The maximum Gasteiger partial charge on any atom is 0.417 e. The number of benzene rings is 10. The maximum atomic E-state index is 15.7. The number of hydrogen-bond acceptors (Lipinski definition) is 3. The second kappa shape index (κ2) is 19.1. The summed E-state index contributed by atoms with van der Waals surface area (Å²) in [6.45, 7) is 15.9. The van der Waals surface area contributed by atoms with Crippen molar-refractivity contribution in [1.29, 1.82) is 15.8 Å². The van der Waals surface area contributed by atoms with Crippen LogP contribution in [0.5, 0.6) is 0 Å². The first-order valence-corrected chi connectivity index (χ1v) is 24.7. The first-order valence-electron chi connectivity index (χ1n) is 24.7. The summed E-state index contributed by atoms with van der Waals surface area (Å²) < 4.78 is 94.0. The van der Waals surface area contributed by atoms with Crippen molar-refractivity contribution in [3.05, 3.63) is 251 Å². The van der Waals surface area contributed by atoms with Gasteiger partial charge >= 0.3 is 12.4 Å². The molecular weight excluding hydrogens is 1020 g/mol. The second-order valence-electron chi connectivity index (χ2n) is 18.9. The molecule has 0 spiro atoms. The van der Waals surface area contributed by atoms with Crippen molar-refractivity contribution < 1.29 is 26.3 Å². The Morgan fingerprint density at radius 3 is 1.14 bits per heavy atom. The quantitative estimate of drug-likeness (QED) is 0.118. The van der Waals surface area contributed by atoms with E-state index in [4.69, 9.17) is 13.1 Å². The van der Waals surface area contributed by atoms with E-state index in [2.05, 4.69) is 27.9 Å². The summed E-state index contributed by atoms with van der Waals surface area (Å²) in [6.07, 6.45) is -10.5.